The zero-order valence-corrected chi connectivity index (χ0v) is 13.3. The number of hydrogen-bond acceptors (Lipinski definition) is 3. The van der Waals surface area contributed by atoms with Gasteiger partial charge in [-0.05, 0) is 37.6 Å². The third-order valence-corrected chi connectivity index (χ3v) is 4.15. The van der Waals surface area contributed by atoms with Gasteiger partial charge in [0, 0.05) is 17.5 Å². The minimum atomic E-state index is 0.00106. The maximum Gasteiger partial charge on any atom is 0.123 e. The molecule has 1 atom stereocenters. The molecule has 0 saturated carbocycles. The van der Waals surface area contributed by atoms with Crippen molar-refractivity contribution in [3.05, 3.63) is 23.3 Å². The molecule has 0 saturated heterocycles. The first-order valence-corrected chi connectivity index (χ1v) is 6.78. The molecule has 0 fully saturated rings. The second-order valence-corrected chi connectivity index (χ2v) is 5.62. The highest BCUT2D eigenvalue weighted by atomic mass is 16.5. The van der Waals surface area contributed by atoms with E-state index in [0.29, 0.717) is 5.92 Å². The van der Waals surface area contributed by atoms with Crippen LogP contribution in [0.3, 0.4) is 0 Å². The number of benzene rings is 1. The Hall–Kier alpha value is -1.22. The minimum Gasteiger partial charge on any atom is -0.496 e. The van der Waals surface area contributed by atoms with Crippen LogP contribution in [-0.4, -0.2) is 27.8 Å². The number of aryl methyl sites for hydroxylation is 1. The standard InChI is InChI=1S/C16H27NO2/c1-11(2)16(4,10-17-5)13-9-14(18-6)12(3)8-15(13)19-7/h8-9,11,17H,10H2,1-7H3. The highest BCUT2D eigenvalue weighted by molar-refractivity contribution is 5.49. The summed E-state index contributed by atoms with van der Waals surface area (Å²) in [6, 6.07) is 4.18. The summed E-state index contributed by atoms with van der Waals surface area (Å²) in [6.07, 6.45) is 0. The number of hydrogen-bond donors (Lipinski definition) is 1. The van der Waals surface area contributed by atoms with Gasteiger partial charge in [-0.3, -0.25) is 0 Å². The number of likely N-dealkylation sites (N-methyl/N-ethyl adjacent to an activating group) is 1. The first kappa shape index (κ1) is 15.8. The average Bonchev–Trinajstić information content (AvgIpc) is 2.38. The third-order valence-electron chi connectivity index (χ3n) is 4.15. The predicted octanol–water partition coefficient (Wildman–Crippen LogP) is 3.15. The first-order valence-electron chi connectivity index (χ1n) is 6.78. The minimum absolute atomic E-state index is 0.00106. The SMILES string of the molecule is CNCC(C)(c1cc(OC)c(C)cc1OC)C(C)C. The fourth-order valence-corrected chi connectivity index (χ4v) is 2.47. The summed E-state index contributed by atoms with van der Waals surface area (Å²) < 4.78 is 11.0. The maximum absolute atomic E-state index is 5.58. The highest BCUT2D eigenvalue weighted by Crippen LogP contribution is 2.40. The zero-order chi connectivity index (χ0) is 14.6. The van der Waals surface area contributed by atoms with Crippen molar-refractivity contribution in [2.45, 2.75) is 33.1 Å². The summed E-state index contributed by atoms with van der Waals surface area (Å²) in [5.41, 5.74) is 2.29. The summed E-state index contributed by atoms with van der Waals surface area (Å²) >= 11 is 0. The number of rotatable bonds is 6. The molecule has 0 aliphatic carbocycles. The van der Waals surface area contributed by atoms with Crippen LogP contribution in [0, 0.1) is 12.8 Å². The molecule has 1 unspecified atom stereocenters. The molecule has 0 radical (unpaired) electrons. The van der Waals surface area contributed by atoms with Crippen molar-refractivity contribution in [1.82, 2.24) is 5.32 Å². The fraction of sp³-hybridized carbons (Fsp3) is 0.625. The van der Waals surface area contributed by atoms with Gasteiger partial charge in [-0.2, -0.15) is 0 Å². The normalized spacial score (nSPS) is 14.3. The van der Waals surface area contributed by atoms with E-state index in [-0.39, 0.29) is 5.41 Å². The van der Waals surface area contributed by atoms with Gasteiger partial charge in [0.1, 0.15) is 11.5 Å². The van der Waals surface area contributed by atoms with Crippen LogP contribution in [-0.2, 0) is 5.41 Å². The summed E-state index contributed by atoms with van der Waals surface area (Å²) in [4.78, 5) is 0. The molecule has 19 heavy (non-hydrogen) atoms. The van der Waals surface area contributed by atoms with E-state index < -0.39 is 0 Å². The molecular formula is C16H27NO2. The van der Waals surface area contributed by atoms with E-state index in [0.717, 1.165) is 23.6 Å². The van der Waals surface area contributed by atoms with Crippen molar-refractivity contribution in [2.24, 2.45) is 5.92 Å². The van der Waals surface area contributed by atoms with Crippen LogP contribution in [0.4, 0.5) is 0 Å². The molecule has 0 aliphatic rings. The maximum atomic E-state index is 5.58. The van der Waals surface area contributed by atoms with Gasteiger partial charge >= 0.3 is 0 Å². The van der Waals surface area contributed by atoms with Gasteiger partial charge in [-0.1, -0.05) is 20.8 Å². The first-order chi connectivity index (χ1) is 8.90. The lowest BCUT2D eigenvalue weighted by Crippen LogP contribution is -2.39. The van der Waals surface area contributed by atoms with E-state index in [1.165, 1.54) is 5.56 Å². The summed E-state index contributed by atoms with van der Waals surface area (Å²) in [5, 5.41) is 3.30. The van der Waals surface area contributed by atoms with Crippen LogP contribution in [0.5, 0.6) is 11.5 Å². The number of nitrogens with one attached hydrogen (secondary N) is 1. The Balaban J connectivity index is 3.44. The molecule has 1 aromatic carbocycles. The van der Waals surface area contributed by atoms with Crippen molar-refractivity contribution in [1.29, 1.82) is 0 Å². The topological polar surface area (TPSA) is 30.5 Å². The Labute approximate surface area is 117 Å². The van der Waals surface area contributed by atoms with Gasteiger partial charge in [0.2, 0.25) is 0 Å². The molecule has 0 heterocycles. The van der Waals surface area contributed by atoms with E-state index in [1.54, 1.807) is 14.2 Å². The van der Waals surface area contributed by atoms with Crippen molar-refractivity contribution >= 4 is 0 Å². The van der Waals surface area contributed by atoms with Crippen LogP contribution < -0.4 is 14.8 Å². The second-order valence-electron chi connectivity index (χ2n) is 5.62. The molecule has 1 N–H and O–H groups in total. The Morgan fingerprint density at radius 1 is 1.16 bits per heavy atom. The number of ether oxygens (including phenoxy) is 2. The van der Waals surface area contributed by atoms with Crippen molar-refractivity contribution < 1.29 is 9.47 Å². The van der Waals surface area contributed by atoms with Crippen LogP contribution >= 0.6 is 0 Å². The number of methoxy groups -OCH3 is 2. The van der Waals surface area contributed by atoms with Gasteiger partial charge in [0.05, 0.1) is 14.2 Å². The molecule has 1 aromatic rings. The lowest BCUT2D eigenvalue weighted by molar-refractivity contribution is 0.306. The quantitative estimate of drug-likeness (QED) is 0.857. The Morgan fingerprint density at radius 3 is 2.16 bits per heavy atom. The van der Waals surface area contributed by atoms with Crippen LogP contribution in [0.25, 0.3) is 0 Å². The summed E-state index contributed by atoms with van der Waals surface area (Å²) in [6.45, 7) is 9.68. The molecule has 0 bridgehead atoms. The van der Waals surface area contributed by atoms with E-state index in [4.69, 9.17) is 9.47 Å². The van der Waals surface area contributed by atoms with E-state index >= 15 is 0 Å². The molecule has 3 nitrogen and oxygen atoms in total. The molecule has 0 amide bonds. The van der Waals surface area contributed by atoms with Gasteiger partial charge in [0.25, 0.3) is 0 Å². The Morgan fingerprint density at radius 2 is 1.74 bits per heavy atom. The van der Waals surface area contributed by atoms with Crippen LogP contribution in [0.1, 0.15) is 31.9 Å². The largest absolute Gasteiger partial charge is 0.496 e. The zero-order valence-electron chi connectivity index (χ0n) is 13.3. The molecule has 3 heteroatoms. The van der Waals surface area contributed by atoms with Crippen LogP contribution in [0.15, 0.2) is 12.1 Å². The van der Waals surface area contributed by atoms with Crippen LogP contribution in [0.2, 0.25) is 0 Å². The summed E-state index contributed by atoms with van der Waals surface area (Å²) in [7, 11) is 5.42. The third kappa shape index (κ3) is 3.03. The monoisotopic (exact) mass is 265 g/mol. The van der Waals surface area contributed by atoms with Gasteiger partial charge in [-0.25, -0.2) is 0 Å². The Kier molecular flexibility index (Phi) is 5.24. The lowest BCUT2D eigenvalue weighted by Gasteiger charge is -2.36. The molecular weight excluding hydrogens is 238 g/mol. The van der Waals surface area contributed by atoms with E-state index in [2.05, 4.69) is 38.2 Å². The highest BCUT2D eigenvalue weighted by Gasteiger charge is 2.33. The smallest absolute Gasteiger partial charge is 0.123 e. The van der Waals surface area contributed by atoms with Crippen molar-refractivity contribution in [3.63, 3.8) is 0 Å². The van der Waals surface area contributed by atoms with Gasteiger partial charge in [-0.15, -0.1) is 0 Å². The molecule has 0 aliphatic heterocycles. The fourth-order valence-electron chi connectivity index (χ4n) is 2.47. The average molecular weight is 265 g/mol. The molecule has 0 aromatic heterocycles. The van der Waals surface area contributed by atoms with Gasteiger partial charge < -0.3 is 14.8 Å². The van der Waals surface area contributed by atoms with E-state index in [9.17, 15) is 0 Å². The molecule has 1 rings (SSSR count). The van der Waals surface area contributed by atoms with Crippen molar-refractivity contribution in [3.8, 4) is 11.5 Å². The second kappa shape index (κ2) is 6.29. The predicted molar refractivity (Wildman–Crippen MR) is 80.4 cm³/mol. The van der Waals surface area contributed by atoms with E-state index in [1.807, 2.05) is 14.0 Å². The summed E-state index contributed by atoms with van der Waals surface area (Å²) in [5.74, 6) is 2.34. The molecule has 108 valence electrons. The molecule has 0 spiro atoms. The Bertz CT molecular complexity index is 429. The van der Waals surface area contributed by atoms with Crippen molar-refractivity contribution in [2.75, 3.05) is 27.8 Å². The lowest BCUT2D eigenvalue weighted by atomic mass is 9.72. The van der Waals surface area contributed by atoms with Gasteiger partial charge in [0.15, 0.2) is 0 Å².